The normalized spacial score (nSPS) is 16.8. The number of guanidine groups is 1. The second kappa shape index (κ2) is 15.0. The van der Waals surface area contributed by atoms with Gasteiger partial charge >= 0.3 is 0 Å². The molecule has 1 amide bonds. The number of aliphatic imine (C=N–C) groups is 1. The third-order valence-corrected chi connectivity index (χ3v) is 5.76. The fourth-order valence-corrected chi connectivity index (χ4v) is 4.04. The van der Waals surface area contributed by atoms with E-state index in [4.69, 9.17) is 10.5 Å². The molecule has 1 heterocycles. The van der Waals surface area contributed by atoms with Crippen LogP contribution in [0.4, 0.5) is 0 Å². The Kier molecular flexibility index (Phi) is 12.3. The minimum absolute atomic E-state index is 0. The molecular weight excluding hydrogens is 529 g/mol. The van der Waals surface area contributed by atoms with Crippen LogP contribution in [0.2, 0.25) is 0 Å². The zero-order valence-corrected chi connectivity index (χ0v) is 21.9. The lowest BCUT2D eigenvalue weighted by Crippen LogP contribution is -2.43. The van der Waals surface area contributed by atoms with Gasteiger partial charge in [0.05, 0.1) is 12.5 Å². The van der Waals surface area contributed by atoms with E-state index in [-0.39, 0.29) is 35.8 Å². The molecule has 4 N–H and O–H groups in total. The number of carbonyl (C=O) groups is 1. The third-order valence-electron chi connectivity index (χ3n) is 5.76. The largest absolute Gasteiger partial charge is 0.494 e. The van der Waals surface area contributed by atoms with Gasteiger partial charge in [-0.05, 0) is 62.2 Å². The van der Waals surface area contributed by atoms with Crippen LogP contribution in [0, 0.1) is 5.92 Å². The van der Waals surface area contributed by atoms with Crippen molar-refractivity contribution in [2.45, 2.75) is 32.6 Å². The maximum absolute atomic E-state index is 11.4. The Balaban J connectivity index is 0.00000385. The van der Waals surface area contributed by atoms with Crippen molar-refractivity contribution < 1.29 is 9.53 Å². The van der Waals surface area contributed by atoms with Crippen LogP contribution in [-0.2, 0) is 4.79 Å². The molecule has 8 heteroatoms. The Bertz CT molecular complexity index is 892. The summed E-state index contributed by atoms with van der Waals surface area (Å²) in [6.07, 6.45) is 3.82. The highest BCUT2D eigenvalue weighted by molar-refractivity contribution is 14.0. The van der Waals surface area contributed by atoms with Gasteiger partial charge in [0.25, 0.3) is 0 Å². The Morgan fingerprint density at radius 1 is 1.18 bits per heavy atom. The Hall–Kier alpha value is -2.07. The molecule has 2 aromatic carbocycles. The first-order chi connectivity index (χ1) is 15.7. The van der Waals surface area contributed by atoms with Gasteiger partial charge in [-0.3, -0.25) is 9.79 Å². The molecule has 2 aromatic rings. The van der Waals surface area contributed by atoms with Crippen molar-refractivity contribution in [2.24, 2.45) is 16.6 Å². The third kappa shape index (κ3) is 9.37. The fourth-order valence-electron chi connectivity index (χ4n) is 4.04. The number of nitrogens with one attached hydrogen (secondary N) is 2. The lowest BCUT2D eigenvalue weighted by atomic mass is 9.97. The average Bonchev–Trinajstić information content (AvgIpc) is 2.81. The quantitative estimate of drug-likeness (QED) is 0.168. The lowest BCUT2D eigenvalue weighted by molar-refractivity contribution is -0.123. The van der Waals surface area contributed by atoms with Crippen LogP contribution in [0.1, 0.15) is 32.6 Å². The molecule has 0 spiro atoms. The maximum atomic E-state index is 11.4. The number of primary amides is 1. The summed E-state index contributed by atoms with van der Waals surface area (Å²) >= 11 is 0. The van der Waals surface area contributed by atoms with Crippen LogP contribution < -0.4 is 21.1 Å². The highest BCUT2D eigenvalue weighted by Crippen LogP contribution is 2.20. The molecule has 1 aliphatic heterocycles. The summed E-state index contributed by atoms with van der Waals surface area (Å²) in [6.45, 7) is 7.89. The number of fused-ring (bicyclic) bond motifs is 1. The summed E-state index contributed by atoms with van der Waals surface area (Å²) in [5.41, 5.74) is 5.47. The molecule has 1 aliphatic rings. The maximum Gasteiger partial charge on any atom is 0.221 e. The summed E-state index contributed by atoms with van der Waals surface area (Å²) in [5, 5.41) is 9.11. The van der Waals surface area contributed by atoms with Gasteiger partial charge < -0.3 is 26.0 Å². The average molecular weight is 568 g/mol. The van der Waals surface area contributed by atoms with Gasteiger partial charge in [-0.25, -0.2) is 0 Å². The van der Waals surface area contributed by atoms with E-state index >= 15 is 0 Å². The molecule has 1 saturated heterocycles. The second-order valence-corrected chi connectivity index (χ2v) is 8.29. The van der Waals surface area contributed by atoms with Crippen molar-refractivity contribution in [1.82, 2.24) is 15.5 Å². The molecule has 0 bridgehead atoms. The SMILES string of the molecule is CCNC(=NCCCOc1ccc2ccccc2c1)NCCCN1CCCC(C(N)=O)C1.I. The molecule has 3 rings (SSSR count). The van der Waals surface area contributed by atoms with Gasteiger partial charge in [0.1, 0.15) is 5.75 Å². The van der Waals surface area contributed by atoms with Gasteiger partial charge in [0.15, 0.2) is 5.96 Å². The smallest absolute Gasteiger partial charge is 0.221 e. The van der Waals surface area contributed by atoms with E-state index in [1.165, 1.54) is 10.8 Å². The van der Waals surface area contributed by atoms with Crippen molar-refractivity contribution in [2.75, 3.05) is 45.9 Å². The van der Waals surface area contributed by atoms with Crippen molar-refractivity contribution in [3.63, 3.8) is 0 Å². The molecule has 0 saturated carbocycles. The van der Waals surface area contributed by atoms with E-state index in [0.29, 0.717) is 13.2 Å². The van der Waals surface area contributed by atoms with Crippen LogP contribution in [0.3, 0.4) is 0 Å². The zero-order chi connectivity index (χ0) is 22.6. The molecule has 0 radical (unpaired) electrons. The molecular formula is C25H38IN5O2. The second-order valence-electron chi connectivity index (χ2n) is 8.29. The van der Waals surface area contributed by atoms with Crippen molar-refractivity contribution in [3.05, 3.63) is 42.5 Å². The van der Waals surface area contributed by atoms with E-state index in [1.807, 2.05) is 18.2 Å². The number of nitrogens with zero attached hydrogens (tertiary/aromatic N) is 2. The van der Waals surface area contributed by atoms with Crippen molar-refractivity contribution >= 4 is 46.6 Å². The predicted octanol–water partition coefficient (Wildman–Crippen LogP) is 3.37. The summed E-state index contributed by atoms with van der Waals surface area (Å²) in [4.78, 5) is 18.4. The number of ether oxygens (including phenoxy) is 1. The first-order valence-corrected chi connectivity index (χ1v) is 11.8. The molecule has 182 valence electrons. The summed E-state index contributed by atoms with van der Waals surface area (Å²) in [6, 6.07) is 14.5. The standard InChI is InChI=1S/C25H37N5O2.HI/c1-2-27-25(28-13-6-16-30-15-5-10-22(19-30)24(26)31)29-14-7-17-32-23-12-11-20-8-3-4-9-21(20)18-23;/h3-4,8-9,11-12,18,22H,2,5-7,10,13-17,19H2,1H3,(H2,26,31)(H2,27,28,29);1H. The van der Waals surface area contributed by atoms with Crippen LogP contribution in [0.5, 0.6) is 5.75 Å². The minimum Gasteiger partial charge on any atom is -0.494 e. The van der Waals surface area contributed by atoms with Gasteiger partial charge in [-0.1, -0.05) is 30.3 Å². The van der Waals surface area contributed by atoms with Gasteiger partial charge in [-0.15, -0.1) is 24.0 Å². The Labute approximate surface area is 214 Å². The van der Waals surface area contributed by atoms with Gasteiger partial charge in [0, 0.05) is 32.6 Å². The Morgan fingerprint density at radius 3 is 2.79 bits per heavy atom. The van der Waals surface area contributed by atoms with E-state index in [2.05, 4.69) is 51.7 Å². The van der Waals surface area contributed by atoms with Crippen LogP contribution >= 0.6 is 24.0 Å². The van der Waals surface area contributed by atoms with Crippen molar-refractivity contribution in [1.29, 1.82) is 0 Å². The highest BCUT2D eigenvalue weighted by Gasteiger charge is 2.23. The molecule has 1 atom stereocenters. The molecule has 7 nitrogen and oxygen atoms in total. The van der Waals surface area contributed by atoms with E-state index in [9.17, 15) is 4.79 Å². The molecule has 0 aliphatic carbocycles. The number of carbonyl (C=O) groups excluding carboxylic acids is 1. The summed E-state index contributed by atoms with van der Waals surface area (Å²) in [5.74, 6) is 1.58. The number of halogens is 1. The Morgan fingerprint density at radius 2 is 2.00 bits per heavy atom. The number of piperidine rings is 1. The van der Waals surface area contributed by atoms with Gasteiger partial charge in [-0.2, -0.15) is 0 Å². The van der Waals surface area contributed by atoms with Crippen LogP contribution in [-0.4, -0.2) is 62.6 Å². The number of hydrogen-bond donors (Lipinski definition) is 3. The zero-order valence-electron chi connectivity index (χ0n) is 19.6. The van der Waals surface area contributed by atoms with E-state index < -0.39 is 0 Å². The van der Waals surface area contributed by atoms with Crippen LogP contribution in [0.15, 0.2) is 47.5 Å². The molecule has 1 unspecified atom stereocenters. The molecule has 33 heavy (non-hydrogen) atoms. The predicted molar refractivity (Wildman–Crippen MR) is 146 cm³/mol. The first kappa shape index (κ1) is 27.2. The number of benzene rings is 2. The summed E-state index contributed by atoms with van der Waals surface area (Å²) in [7, 11) is 0. The number of likely N-dealkylation sites (tertiary alicyclic amines) is 1. The number of nitrogens with two attached hydrogens (primary N) is 1. The first-order valence-electron chi connectivity index (χ1n) is 11.8. The lowest BCUT2D eigenvalue weighted by Gasteiger charge is -2.31. The monoisotopic (exact) mass is 567 g/mol. The van der Waals surface area contributed by atoms with E-state index in [1.54, 1.807) is 0 Å². The fraction of sp³-hybridized carbons (Fsp3) is 0.520. The van der Waals surface area contributed by atoms with Crippen LogP contribution in [0.25, 0.3) is 10.8 Å². The topological polar surface area (TPSA) is 92.0 Å². The molecule has 1 fully saturated rings. The number of hydrogen-bond acceptors (Lipinski definition) is 4. The molecule has 0 aromatic heterocycles. The van der Waals surface area contributed by atoms with E-state index in [0.717, 1.165) is 70.1 Å². The number of rotatable bonds is 11. The summed E-state index contributed by atoms with van der Waals surface area (Å²) < 4.78 is 5.90. The highest BCUT2D eigenvalue weighted by atomic mass is 127. The number of amides is 1. The minimum atomic E-state index is -0.168. The van der Waals surface area contributed by atoms with Gasteiger partial charge in [0.2, 0.25) is 5.91 Å². The van der Waals surface area contributed by atoms with Crippen molar-refractivity contribution in [3.8, 4) is 5.75 Å².